The van der Waals surface area contributed by atoms with Crippen molar-refractivity contribution in [2.24, 2.45) is 0 Å². The zero-order valence-corrected chi connectivity index (χ0v) is 22.2. The zero-order valence-electron chi connectivity index (χ0n) is 22.2. The molecule has 3 nitrogen and oxygen atoms in total. The standard InChI is InChI=1S/C35H26BNO2/c1-35(2,3)26-20-22(19-21-9-4-5-10-23(21)26)33-24-15-16-28-34(25(24)17-18-37-33)39-31-14-8-13-30-32(31)36(28)27-11-6-7-12-29(27)38-30/h4-20H,1-3H3. The highest BCUT2D eigenvalue weighted by atomic mass is 16.5. The second-order valence-electron chi connectivity index (χ2n) is 11.6. The number of para-hydroxylation sites is 1. The van der Waals surface area contributed by atoms with Crippen LogP contribution < -0.4 is 25.9 Å². The first-order chi connectivity index (χ1) is 19.0. The summed E-state index contributed by atoms with van der Waals surface area (Å²) in [7, 11) is 0. The lowest BCUT2D eigenvalue weighted by molar-refractivity contribution is 0.467. The van der Waals surface area contributed by atoms with E-state index in [1.807, 2.05) is 30.5 Å². The van der Waals surface area contributed by atoms with Gasteiger partial charge in [0.15, 0.2) is 0 Å². The molecule has 2 aliphatic rings. The van der Waals surface area contributed by atoms with E-state index in [0.717, 1.165) is 56.0 Å². The van der Waals surface area contributed by atoms with Gasteiger partial charge in [-0.25, -0.2) is 0 Å². The quantitative estimate of drug-likeness (QED) is 0.224. The Kier molecular flexibility index (Phi) is 4.58. The molecular weight excluding hydrogens is 477 g/mol. The summed E-state index contributed by atoms with van der Waals surface area (Å²) >= 11 is 0. The lowest BCUT2D eigenvalue weighted by atomic mass is 9.35. The largest absolute Gasteiger partial charge is 0.458 e. The highest BCUT2D eigenvalue weighted by molar-refractivity contribution is 6.98. The van der Waals surface area contributed by atoms with Gasteiger partial charge >= 0.3 is 0 Å². The van der Waals surface area contributed by atoms with E-state index in [0.29, 0.717) is 0 Å². The van der Waals surface area contributed by atoms with E-state index in [4.69, 9.17) is 14.5 Å². The van der Waals surface area contributed by atoms with Crippen molar-refractivity contribution in [1.29, 1.82) is 0 Å². The minimum absolute atomic E-state index is 0.000332. The predicted molar refractivity (Wildman–Crippen MR) is 161 cm³/mol. The molecular formula is C35H26BNO2. The summed E-state index contributed by atoms with van der Waals surface area (Å²) in [5.74, 6) is 3.52. The molecule has 4 heteroatoms. The average Bonchev–Trinajstić information content (AvgIpc) is 2.95. The van der Waals surface area contributed by atoms with Gasteiger partial charge < -0.3 is 9.47 Å². The molecule has 0 unspecified atom stereocenters. The number of ether oxygens (including phenoxy) is 2. The number of hydrogen-bond acceptors (Lipinski definition) is 3. The van der Waals surface area contributed by atoms with Gasteiger partial charge in [-0.2, -0.15) is 0 Å². The van der Waals surface area contributed by atoms with Crippen LogP contribution in [0, 0.1) is 0 Å². The molecule has 0 radical (unpaired) electrons. The van der Waals surface area contributed by atoms with Crippen LogP contribution in [0.25, 0.3) is 32.8 Å². The molecule has 2 aliphatic heterocycles. The first-order valence-electron chi connectivity index (χ1n) is 13.5. The van der Waals surface area contributed by atoms with Crippen LogP contribution >= 0.6 is 0 Å². The monoisotopic (exact) mass is 503 g/mol. The van der Waals surface area contributed by atoms with Gasteiger partial charge in [0, 0.05) is 28.0 Å². The maximum absolute atomic E-state index is 6.68. The molecule has 39 heavy (non-hydrogen) atoms. The SMILES string of the molecule is CC(C)(C)c1cc(-c2nccc3c4c(ccc23)B2c3ccccc3Oc3cccc(c32)O4)cc2ccccc12. The van der Waals surface area contributed by atoms with Gasteiger partial charge in [-0.15, -0.1) is 0 Å². The van der Waals surface area contributed by atoms with Crippen LogP contribution in [0.4, 0.5) is 0 Å². The van der Waals surface area contributed by atoms with Crippen LogP contribution in [-0.4, -0.2) is 11.7 Å². The van der Waals surface area contributed by atoms with Crippen molar-refractivity contribution in [3.05, 3.63) is 109 Å². The van der Waals surface area contributed by atoms with Gasteiger partial charge in [0.2, 0.25) is 0 Å². The van der Waals surface area contributed by atoms with Crippen LogP contribution in [0.15, 0.2) is 103 Å². The van der Waals surface area contributed by atoms with Gasteiger partial charge in [0.05, 0.1) is 5.69 Å². The van der Waals surface area contributed by atoms with Crippen molar-refractivity contribution in [3.63, 3.8) is 0 Å². The molecule has 0 amide bonds. The Morgan fingerprint density at radius 2 is 1.41 bits per heavy atom. The van der Waals surface area contributed by atoms with Crippen molar-refractivity contribution in [1.82, 2.24) is 4.98 Å². The maximum atomic E-state index is 6.68. The molecule has 5 aromatic carbocycles. The summed E-state index contributed by atoms with van der Waals surface area (Å²) in [4.78, 5) is 4.93. The highest BCUT2D eigenvalue weighted by Gasteiger charge is 2.40. The molecule has 186 valence electrons. The second-order valence-corrected chi connectivity index (χ2v) is 11.6. The first-order valence-corrected chi connectivity index (χ1v) is 13.5. The van der Waals surface area contributed by atoms with Gasteiger partial charge in [-0.1, -0.05) is 81.4 Å². The number of pyridine rings is 1. The van der Waals surface area contributed by atoms with Crippen LogP contribution in [0.3, 0.4) is 0 Å². The van der Waals surface area contributed by atoms with E-state index < -0.39 is 0 Å². The van der Waals surface area contributed by atoms with E-state index in [-0.39, 0.29) is 12.1 Å². The fraction of sp³-hybridized carbons (Fsp3) is 0.114. The third kappa shape index (κ3) is 3.28. The Morgan fingerprint density at radius 3 is 2.28 bits per heavy atom. The Morgan fingerprint density at radius 1 is 0.641 bits per heavy atom. The van der Waals surface area contributed by atoms with E-state index in [1.54, 1.807) is 0 Å². The average molecular weight is 503 g/mol. The van der Waals surface area contributed by atoms with Crippen LogP contribution in [-0.2, 0) is 5.41 Å². The van der Waals surface area contributed by atoms with Crippen molar-refractivity contribution in [2.75, 3.05) is 0 Å². The van der Waals surface area contributed by atoms with Gasteiger partial charge in [-0.05, 0) is 69.1 Å². The molecule has 0 saturated heterocycles. The molecule has 0 bridgehead atoms. The number of rotatable bonds is 1. The molecule has 1 aromatic heterocycles. The van der Waals surface area contributed by atoms with E-state index >= 15 is 0 Å². The van der Waals surface area contributed by atoms with Crippen LogP contribution in [0.1, 0.15) is 26.3 Å². The number of hydrogen-bond donors (Lipinski definition) is 0. The van der Waals surface area contributed by atoms with Crippen LogP contribution in [0.2, 0.25) is 0 Å². The van der Waals surface area contributed by atoms with E-state index in [9.17, 15) is 0 Å². The van der Waals surface area contributed by atoms with Crippen molar-refractivity contribution in [3.8, 4) is 34.3 Å². The van der Waals surface area contributed by atoms with Crippen LogP contribution in [0.5, 0.6) is 23.0 Å². The lowest BCUT2D eigenvalue weighted by Crippen LogP contribution is -2.57. The van der Waals surface area contributed by atoms with Gasteiger partial charge in [0.1, 0.15) is 23.0 Å². The van der Waals surface area contributed by atoms with Gasteiger partial charge in [-0.3, -0.25) is 4.98 Å². The zero-order chi connectivity index (χ0) is 26.3. The Hall–Kier alpha value is -4.57. The van der Waals surface area contributed by atoms with Crippen molar-refractivity contribution >= 4 is 44.6 Å². The second kappa shape index (κ2) is 7.97. The predicted octanol–water partition coefficient (Wildman–Crippen LogP) is 7.08. The number of benzene rings is 5. The highest BCUT2D eigenvalue weighted by Crippen LogP contribution is 2.40. The molecule has 0 spiro atoms. The first kappa shape index (κ1) is 22.4. The van der Waals surface area contributed by atoms with Crippen molar-refractivity contribution in [2.45, 2.75) is 26.2 Å². The molecule has 0 fully saturated rings. The molecule has 6 aromatic rings. The summed E-state index contributed by atoms with van der Waals surface area (Å²) < 4.78 is 13.0. The summed E-state index contributed by atoms with van der Waals surface area (Å²) in [5, 5.41) is 4.68. The molecule has 0 N–H and O–H groups in total. The van der Waals surface area contributed by atoms with E-state index in [1.165, 1.54) is 21.8 Å². The minimum Gasteiger partial charge on any atom is -0.458 e. The minimum atomic E-state index is 0.000332. The van der Waals surface area contributed by atoms with E-state index in [2.05, 4.69) is 93.6 Å². The third-order valence-electron chi connectivity index (χ3n) is 8.16. The summed E-state index contributed by atoms with van der Waals surface area (Å²) in [6, 6.07) is 34.2. The smallest absolute Gasteiger partial charge is 0.260 e. The molecule has 8 rings (SSSR count). The summed E-state index contributed by atoms with van der Waals surface area (Å²) in [6.45, 7) is 6.88. The number of fused-ring (bicyclic) bond motifs is 7. The molecule has 0 saturated carbocycles. The fourth-order valence-corrected chi connectivity index (χ4v) is 6.39. The Balaban J connectivity index is 1.38. The molecule has 3 heterocycles. The molecule has 0 aliphatic carbocycles. The van der Waals surface area contributed by atoms with Crippen molar-refractivity contribution < 1.29 is 9.47 Å². The third-order valence-corrected chi connectivity index (χ3v) is 8.16. The lowest BCUT2D eigenvalue weighted by Gasteiger charge is -2.33. The normalized spacial score (nSPS) is 13.4. The maximum Gasteiger partial charge on any atom is 0.260 e. The fourth-order valence-electron chi connectivity index (χ4n) is 6.39. The van der Waals surface area contributed by atoms with Gasteiger partial charge in [0.25, 0.3) is 6.71 Å². The molecule has 0 atom stereocenters. The number of aromatic nitrogens is 1. The summed E-state index contributed by atoms with van der Waals surface area (Å²) in [5.41, 5.74) is 6.84. The summed E-state index contributed by atoms with van der Waals surface area (Å²) in [6.07, 6.45) is 1.91. The Bertz CT molecular complexity index is 1970. The topological polar surface area (TPSA) is 31.4 Å². The Labute approximate surface area is 228 Å². The number of nitrogens with zero attached hydrogens (tertiary/aromatic N) is 1.